The van der Waals surface area contributed by atoms with Crippen molar-refractivity contribution in [1.82, 2.24) is 5.32 Å². The smallest absolute Gasteiger partial charge is 0.312 e. The number of carboxylic acid groups (broad SMARTS) is 1. The van der Waals surface area contributed by atoms with Crippen molar-refractivity contribution in [1.29, 1.82) is 0 Å². The molecule has 16 heavy (non-hydrogen) atoms. The Hall–Kier alpha value is -1.88. The van der Waals surface area contributed by atoms with E-state index in [4.69, 9.17) is 10.2 Å². The Balaban J connectivity index is 2.42. The molecule has 0 aromatic heterocycles. The van der Waals surface area contributed by atoms with Gasteiger partial charge < -0.3 is 15.5 Å². The van der Waals surface area contributed by atoms with Gasteiger partial charge in [-0.1, -0.05) is 24.3 Å². The van der Waals surface area contributed by atoms with Crippen LogP contribution in [0.3, 0.4) is 0 Å². The molecule has 0 spiro atoms. The molecule has 1 rings (SSSR count). The maximum absolute atomic E-state index is 11.0. The van der Waals surface area contributed by atoms with Crippen LogP contribution in [0.1, 0.15) is 17.5 Å². The first-order valence-electron chi connectivity index (χ1n) is 4.79. The van der Waals surface area contributed by atoms with E-state index in [1.807, 2.05) is 0 Å². The lowest BCUT2D eigenvalue weighted by Gasteiger charge is -2.04. The van der Waals surface area contributed by atoms with E-state index < -0.39 is 18.3 Å². The Morgan fingerprint density at radius 1 is 1.12 bits per heavy atom. The van der Waals surface area contributed by atoms with Gasteiger partial charge in [-0.05, 0) is 11.1 Å². The van der Waals surface area contributed by atoms with Gasteiger partial charge in [-0.25, -0.2) is 0 Å². The monoisotopic (exact) mass is 223 g/mol. The molecule has 0 radical (unpaired) electrons. The summed E-state index contributed by atoms with van der Waals surface area (Å²) >= 11 is 0. The van der Waals surface area contributed by atoms with Gasteiger partial charge in [0.05, 0.1) is 6.61 Å². The number of nitrogens with one attached hydrogen (secondary N) is 1. The van der Waals surface area contributed by atoms with Crippen molar-refractivity contribution < 1.29 is 19.8 Å². The molecular weight excluding hydrogens is 210 g/mol. The average Bonchev–Trinajstić information content (AvgIpc) is 2.26. The van der Waals surface area contributed by atoms with E-state index >= 15 is 0 Å². The van der Waals surface area contributed by atoms with Gasteiger partial charge in [0, 0.05) is 6.54 Å². The van der Waals surface area contributed by atoms with Gasteiger partial charge in [-0.2, -0.15) is 0 Å². The van der Waals surface area contributed by atoms with Crippen LogP contribution in [0.4, 0.5) is 0 Å². The number of carbonyl (C=O) groups is 2. The SMILES string of the molecule is O=C(O)CC(=O)NCc1ccc(CO)cc1. The summed E-state index contributed by atoms with van der Waals surface area (Å²) in [7, 11) is 0. The van der Waals surface area contributed by atoms with E-state index in [-0.39, 0.29) is 13.2 Å². The van der Waals surface area contributed by atoms with Gasteiger partial charge in [0.25, 0.3) is 0 Å². The van der Waals surface area contributed by atoms with Crippen molar-refractivity contribution in [2.75, 3.05) is 0 Å². The molecule has 0 aliphatic heterocycles. The second-order valence-electron chi connectivity index (χ2n) is 3.32. The fourth-order valence-electron chi connectivity index (χ4n) is 1.16. The van der Waals surface area contributed by atoms with E-state index in [0.29, 0.717) is 0 Å². The van der Waals surface area contributed by atoms with Crippen LogP contribution in [0, 0.1) is 0 Å². The molecule has 0 aliphatic carbocycles. The molecule has 1 aromatic carbocycles. The molecule has 86 valence electrons. The number of rotatable bonds is 5. The fourth-order valence-corrected chi connectivity index (χ4v) is 1.16. The van der Waals surface area contributed by atoms with Crippen LogP contribution < -0.4 is 5.32 Å². The predicted molar refractivity (Wildman–Crippen MR) is 56.5 cm³/mol. The zero-order valence-corrected chi connectivity index (χ0v) is 8.64. The summed E-state index contributed by atoms with van der Waals surface area (Å²) in [6.07, 6.45) is -0.519. The summed E-state index contributed by atoms with van der Waals surface area (Å²) in [5.41, 5.74) is 1.65. The third-order valence-electron chi connectivity index (χ3n) is 2.01. The van der Waals surface area contributed by atoms with E-state index in [2.05, 4.69) is 5.32 Å². The lowest BCUT2D eigenvalue weighted by atomic mass is 10.1. The van der Waals surface area contributed by atoms with Crippen LogP contribution in [0.25, 0.3) is 0 Å². The summed E-state index contributed by atoms with van der Waals surface area (Å²) in [6.45, 7) is 0.267. The highest BCUT2D eigenvalue weighted by Crippen LogP contribution is 2.03. The molecule has 0 saturated carbocycles. The van der Waals surface area contributed by atoms with Gasteiger partial charge in [0.15, 0.2) is 0 Å². The molecule has 0 heterocycles. The molecule has 5 heteroatoms. The first kappa shape index (κ1) is 12.2. The lowest BCUT2D eigenvalue weighted by Crippen LogP contribution is -2.25. The first-order valence-corrected chi connectivity index (χ1v) is 4.79. The summed E-state index contributed by atoms with van der Waals surface area (Å²) < 4.78 is 0. The number of carbonyl (C=O) groups excluding carboxylic acids is 1. The van der Waals surface area contributed by atoms with Crippen LogP contribution in [0.15, 0.2) is 24.3 Å². The summed E-state index contributed by atoms with van der Waals surface area (Å²) in [6, 6.07) is 7.04. The van der Waals surface area contributed by atoms with Crippen LogP contribution >= 0.6 is 0 Å². The first-order chi connectivity index (χ1) is 7.61. The van der Waals surface area contributed by atoms with Gasteiger partial charge in [0.1, 0.15) is 6.42 Å². The minimum Gasteiger partial charge on any atom is -0.481 e. The Kier molecular flexibility index (Phi) is 4.47. The highest BCUT2D eigenvalue weighted by molar-refractivity contribution is 5.93. The third-order valence-corrected chi connectivity index (χ3v) is 2.01. The zero-order valence-electron chi connectivity index (χ0n) is 8.64. The molecule has 0 unspecified atom stereocenters. The summed E-state index contributed by atoms with van der Waals surface area (Å²) in [4.78, 5) is 21.2. The molecule has 0 atom stereocenters. The number of amides is 1. The van der Waals surface area contributed by atoms with E-state index in [0.717, 1.165) is 11.1 Å². The number of hydrogen-bond acceptors (Lipinski definition) is 3. The molecule has 1 amide bonds. The highest BCUT2D eigenvalue weighted by Gasteiger charge is 2.06. The number of aliphatic hydroxyl groups is 1. The molecule has 0 fully saturated rings. The van der Waals surface area contributed by atoms with Crippen molar-refractivity contribution in [2.24, 2.45) is 0 Å². The topological polar surface area (TPSA) is 86.6 Å². The van der Waals surface area contributed by atoms with Gasteiger partial charge in [-0.3, -0.25) is 9.59 Å². The third kappa shape index (κ3) is 4.10. The number of carboxylic acids is 1. The van der Waals surface area contributed by atoms with Crippen LogP contribution in [0.5, 0.6) is 0 Å². The molecule has 3 N–H and O–H groups in total. The summed E-state index contributed by atoms with van der Waals surface area (Å²) in [5, 5.41) is 19.7. The fraction of sp³-hybridized carbons (Fsp3) is 0.273. The standard InChI is InChI=1S/C11H13NO4/c13-7-9-3-1-8(2-4-9)6-12-10(14)5-11(15)16/h1-4,13H,5-7H2,(H,12,14)(H,15,16). The van der Waals surface area contributed by atoms with Crippen molar-refractivity contribution in [3.8, 4) is 0 Å². The maximum atomic E-state index is 11.0. The minimum atomic E-state index is -1.15. The molecule has 1 aromatic rings. The second-order valence-corrected chi connectivity index (χ2v) is 3.32. The van der Waals surface area contributed by atoms with Crippen LogP contribution in [0.2, 0.25) is 0 Å². The maximum Gasteiger partial charge on any atom is 0.312 e. The Labute approximate surface area is 92.7 Å². The highest BCUT2D eigenvalue weighted by atomic mass is 16.4. The number of aliphatic hydroxyl groups excluding tert-OH is 1. The molecule has 0 saturated heterocycles. The van der Waals surface area contributed by atoms with Gasteiger partial charge >= 0.3 is 5.97 Å². The number of aliphatic carboxylic acids is 1. The Bertz CT molecular complexity index is 372. The molecule has 5 nitrogen and oxygen atoms in total. The van der Waals surface area contributed by atoms with Crippen LogP contribution in [-0.4, -0.2) is 22.1 Å². The largest absolute Gasteiger partial charge is 0.481 e. The number of benzene rings is 1. The van der Waals surface area contributed by atoms with E-state index in [1.54, 1.807) is 24.3 Å². The molecule has 0 bridgehead atoms. The lowest BCUT2D eigenvalue weighted by molar-refractivity contribution is -0.140. The second kappa shape index (κ2) is 5.87. The zero-order chi connectivity index (χ0) is 12.0. The normalized spacial score (nSPS) is 9.81. The minimum absolute atomic E-state index is 0.0222. The van der Waals surface area contributed by atoms with Crippen molar-refractivity contribution in [3.63, 3.8) is 0 Å². The van der Waals surface area contributed by atoms with Crippen molar-refractivity contribution >= 4 is 11.9 Å². The van der Waals surface area contributed by atoms with Crippen molar-refractivity contribution in [3.05, 3.63) is 35.4 Å². The quantitative estimate of drug-likeness (QED) is 0.625. The average molecular weight is 223 g/mol. The Morgan fingerprint density at radius 3 is 2.19 bits per heavy atom. The predicted octanol–water partition coefficient (Wildman–Crippen LogP) is 0.270. The van der Waals surface area contributed by atoms with Crippen LogP contribution in [-0.2, 0) is 22.7 Å². The van der Waals surface area contributed by atoms with E-state index in [1.165, 1.54) is 0 Å². The molecular formula is C11H13NO4. The summed E-state index contributed by atoms with van der Waals surface area (Å²) in [5.74, 6) is -1.66. The Morgan fingerprint density at radius 2 is 1.69 bits per heavy atom. The molecule has 0 aliphatic rings. The van der Waals surface area contributed by atoms with E-state index in [9.17, 15) is 9.59 Å². The van der Waals surface area contributed by atoms with Gasteiger partial charge in [0.2, 0.25) is 5.91 Å². The van der Waals surface area contributed by atoms with Crippen molar-refractivity contribution in [2.45, 2.75) is 19.6 Å². The van der Waals surface area contributed by atoms with Gasteiger partial charge in [-0.15, -0.1) is 0 Å². The number of hydrogen-bond donors (Lipinski definition) is 3.